The molecule has 33 heavy (non-hydrogen) atoms. The number of hydrogen-bond acceptors (Lipinski definition) is 5. The Hall–Kier alpha value is -3.52. The molecule has 0 fully saturated rings. The zero-order valence-electron chi connectivity index (χ0n) is 18.0. The molecule has 170 valence electrons. The molecule has 1 N–H and O–H groups in total. The Kier molecular flexibility index (Phi) is 5.68. The van der Waals surface area contributed by atoms with Crippen molar-refractivity contribution in [2.24, 2.45) is 0 Å². The number of nitrogens with zero attached hydrogens (tertiary/aromatic N) is 1. The maximum Gasteiger partial charge on any atom is 0.264 e. The van der Waals surface area contributed by atoms with Crippen molar-refractivity contribution in [2.75, 3.05) is 24.1 Å². The van der Waals surface area contributed by atoms with Crippen molar-refractivity contribution in [3.8, 4) is 11.5 Å². The summed E-state index contributed by atoms with van der Waals surface area (Å²) in [4.78, 5) is 12.9. The normalized spacial score (nSPS) is 15.0. The average molecular weight is 465 g/mol. The van der Waals surface area contributed by atoms with Gasteiger partial charge in [0.15, 0.2) is 11.5 Å². The highest BCUT2D eigenvalue weighted by atomic mass is 32.2. The standard InChI is InChI=1S/C25H24N2O5S/c28-25(26-17-20-8-4-12-23-24(20)32-15-14-31-23)19-7-3-10-21(16-19)33(29,30)27-13-5-9-18-6-1-2-11-22(18)27/h1-4,6-8,10-12,16H,5,9,13-15,17H2,(H,26,28). The summed E-state index contributed by atoms with van der Waals surface area (Å²) < 4.78 is 39.6. The number of nitrogens with one attached hydrogen (secondary N) is 1. The molecule has 5 rings (SSSR count). The molecule has 0 aliphatic carbocycles. The summed E-state index contributed by atoms with van der Waals surface area (Å²) in [6, 6.07) is 19.2. The number of benzene rings is 3. The third-order valence-electron chi connectivity index (χ3n) is 5.84. The summed E-state index contributed by atoms with van der Waals surface area (Å²) in [5.74, 6) is 0.924. The third kappa shape index (κ3) is 4.14. The van der Waals surface area contributed by atoms with Gasteiger partial charge in [-0.1, -0.05) is 36.4 Å². The van der Waals surface area contributed by atoms with Crippen LogP contribution in [-0.2, 0) is 23.0 Å². The van der Waals surface area contributed by atoms with Gasteiger partial charge in [0.2, 0.25) is 0 Å². The Bertz CT molecular complexity index is 1310. The molecule has 1 amide bonds. The van der Waals surface area contributed by atoms with Gasteiger partial charge in [0.05, 0.1) is 10.6 Å². The summed E-state index contributed by atoms with van der Waals surface area (Å²) in [6.45, 7) is 1.60. The van der Waals surface area contributed by atoms with Crippen molar-refractivity contribution in [3.63, 3.8) is 0 Å². The highest BCUT2D eigenvalue weighted by Crippen LogP contribution is 2.34. The van der Waals surface area contributed by atoms with E-state index in [0.717, 1.165) is 24.0 Å². The lowest BCUT2D eigenvalue weighted by Gasteiger charge is -2.30. The molecule has 3 aromatic rings. The smallest absolute Gasteiger partial charge is 0.264 e. The Morgan fingerprint density at radius 2 is 1.79 bits per heavy atom. The second-order valence-electron chi connectivity index (χ2n) is 7.96. The molecule has 2 aliphatic rings. The molecular formula is C25H24N2O5S. The molecule has 8 heteroatoms. The van der Waals surface area contributed by atoms with Crippen molar-refractivity contribution in [3.05, 3.63) is 83.4 Å². The molecule has 0 atom stereocenters. The van der Waals surface area contributed by atoms with Crippen LogP contribution in [0, 0.1) is 0 Å². The lowest BCUT2D eigenvalue weighted by Crippen LogP contribution is -2.35. The van der Waals surface area contributed by atoms with Gasteiger partial charge in [0.25, 0.3) is 15.9 Å². The van der Waals surface area contributed by atoms with E-state index in [1.807, 2.05) is 42.5 Å². The molecule has 0 saturated heterocycles. The van der Waals surface area contributed by atoms with E-state index in [1.165, 1.54) is 16.4 Å². The van der Waals surface area contributed by atoms with E-state index in [9.17, 15) is 13.2 Å². The second kappa shape index (κ2) is 8.78. The number of anilines is 1. The van der Waals surface area contributed by atoms with E-state index >= 15 is 0 Å². The first-order valence-electron chi connectivity index (χ1n) is 10.9. The van der Waals surface area contributed by atoms with Gasteiger partial charge in [-0.25, -0.2) is 8.42 Å². The molecule has 7 nitrogen and oxygen atoms in total. The van der Waals surface area contributed by atoms with E-state index in [0.29, 0.717) is 36.9 Å². The van der Waals surface area contributed by atoms with Crippen molar-refractivity contribution in [1.29, 1.82) is 0 Å². The van der Waals surface area contributed by atoms with Crippen LogP contribution in [0.25, 0.3) is 0 Å². The highest BCUT2D eigenvalue weighted by Gasteiger charge is 2.29. The number of fused-ring (bicyclic) bond motifs is 2. The summed E-state index contributed by atoms with van der Waals surface area (Å²) in [5, 5.41) is 2.86. The first-order chi connectivity index (χ1) is 16.0. The number of carbonyl (C=O) groups excluding carboxylic acids is 1. The predicted molar refractivity (Wildman–Crippen MR) is 124 cm³/mol. The van der Waals surface area contributed by atoms with Crippen LogP contribution in [0.3, 0.4) is 0 Å². The number of amides is 1. The van der Waals surface area contributed by atoms with Crippen LogP contribution in [0.4, 0.5) is 5.69 Å². The quantitative estimate of drug-likeness (QED) is 0.625. The minimum Gasteiger partial charge on any atom is -0.486 e. The minimum atomic E-state index is -3.79. The maximum atomic E-state index is 13.4. The zero-order valence-corrected chi connectivity index (χ0v) is 18.8. The fourth-order valence-electron chi connectivity index (χ4n) is 4.22. The first-order valence-corrected chi connectivity index (χ1v) is 12.3. The summed E-state index contributed by atoms with van der Waals surface area (Å²) >= 11 is 0. The fraction of sp³-hybridized carbons (Fsp3) is 0.240. The van der Waals surface area contributed by atoms with E-state index in [1.54, 1.807) is 12.1 Å². The SMILES string of the molecule is O=C(NCc1cccc2c1OCCO2)c1cccc(S(=O)(=O)N2CCCc3ccccc32)c1. The molecule has 3 aromatic carbocycles. The summed E-state index contributed by atoms with van der Waals surface area (Å²) in [7, 11) is -3.79. The number of aryl methyl sites for hydroxylation is 1. The second-order valence-corrected chi connectivity index (χ2v) is 9.82. The van der Waals surface area contributed by atoms with Gasteiger partial charge in [0, 0.05) is 24.2 Å². The number of carbonyl (C=O) groups is 1. The van der Waals surface area contributed by atoms with Crippen LogP contribution in [0.15, 0.2) is 71.6 Å². The van der Waals surface area contributed by atoms with Crippen LogP contribution in [-0.4, -0.2) is 34.1 Å². The lowest BCUT2D eigenvalue weighted by atomic mass is 10.0. The molecule has 0 unspecified atom stereocenters. The van der Waals surface area contributed by atoms with Gasteiger partial charge < -0.3 is 14.8 Å². The Labute approximate surface area is 193 Å². The molecule has 0 radical (unpaired) electrons. The zero-order chi connectivity index (χ0) is 22.8. The molecule has 2 aliphatic heterocycles. The lowest BCUT2D eigenvalue weighted by molar-refractivity contribution is 0.0949. The Morgan fingerprint density at radius 1 is 0.970 bits per heavy atom. The van der Waals surface area contributed by atoms with Crippen molar-refractivity contribution < 1.29 is 22.7 Å². The molecule has 0 aromatic heterocycles. The summed E-state index contributed by atoms with van der Waals surface area (Å²) in [5.41, 5.74) is 2.80. The number of ether oxygens (including phenoxy) is 2. The largest absolute Gasteiger partial charge is 0.486 e. The number of hydrogen-bond donors (Lipinski definition) is 1. The fourth-order valence-corrected chi connectivity index (χ4v) is 5.81. The molecule has 0 saturated carbocycles. The molecular weight excluding hydrogens is 440 g/mol. The van der Waals surface area contributed by atoms with Crippen LogP contribution in [0.5, 0.6) is 11.5 Å². The Balaban J connectivity index is 1.36. The van der Waals surface area contributed by atoms with Gasteiger partial charge in [-0.15, -0.1) is 0 Å². The monoisotopic (exact) mass is 464 g/mol. The van der Waals surface area contributed by atoms with E-state index in [-0.39, 0.29) is 22.9 Å². The average Bonchev–Trinajstić information content (AvgIpc) is 2.87. The molecule has 2 heterocycles. The van der Waals surface area contributed by atoms with Crippen LogP contribution in [0.2, 0.25) is 0 Å². The first kappa shape index (κ1) is 21.3. The third-order valence-corrected chi connectivity index (χ3v) is 7.65. The van der Waals surface area contributed by atoms with Crippen LogP contribution < -0.4 is 19.1 Å². The van der Waals surface area contributed by atoms with Crippen molar-refractivity contribution >= 4 is 21.6 Å². The van der Waals surface area contributed by atoms with Crippen molar-refractivity contribution in [1.82, 2.24) is 5.32 Å². The van der Waals surface area contributed by atoms with Crippen molar-refractivity contribution in [2.45, 2.75) is 24.3 Å². The summed E-state index contributed by atoms with van der Waals surface area (Å²) in [6.07, 6.45) is 1.60. The van der Waals surface area contributed by atoms with Gasteiger partial charge in [0.1, 0.15) is 13.2 Å². The van der Waals surface area contributed by atoms with E-state index < -0.39 is 10.0 Å². The molecule has 0 bridgehead atoms. The molecule has 0 spiro atoms. The van der Waals surface area contributed by atoms with Crippen LogP contribution in [0.1, 0.15) is 27.9 Å². The Morgan fingerprint density at radius 3 is 2.70 bits per heavy atom. The highest BCUT2D eigenvalue weighted by molar-refractivity contribution is 7.92. The van der Waals surface area contributed by atoms with Crippen LogP contribution >= 0.6 is 0 Å². The number of rotatable bonds is 5. The predicted octanol–water partition coefficient (Wildman–Crippen LogP) is 3.53. The van der Waals surface area contributed by atoms with Gasteiger partial charge in [-0.2, -0.15) is 0 Å². The maximum absolute atomic E-state index is 13.4. The van der Waals surface area contributed by atoms with Gasteiger partial charge in [-0.05, 0) is 48.7 Å². The van der Waals surface area contributed by atoms with Gasteiger partial charge in [-0.3, -0.25) is 9.10 Å². The topological polar surface area (TPSA) is 84.9 Å². The van der Waals surface area contributed by atoms with E-state index in [4.69, 9.17) is 9.47 Å². The van der Waals surface area contributed by atoms with Gasteiger partial charge >= 0.3 is 0 Å². The number of para-hydroxylation sites is 2. The number of sulfonamides is 1. The van der Waals surface area contributed by atoms with E-state index in [2.05, 4.69) is 5.32 Å². The minimum absolute atomic E-state index is 0.0978.